The third kappa shape index (κ3) is 2.93. The van der Waals surface area contributed by atoms with Crippen LogP contribution in [0.3, 0.4) is 0 Å². The molecule has 7 heteroatoms. The van der Waals surface area contributed by atoms with Crippen molar-refractivity contribution in [2.45, 2.75) is 6.92 Å². The maximum atomic E-state index is 12.5. The molecule has 2 heterocycles. The van der Waals surface area contributed by atoms with E-state index in [1.54, 1.807) is 18.2 Å². The average Bonchev–Trinajstić information content (AvgIpc) is 3.04. The number of hydrogen-bond acceptors (Lipinski definition) is 6. The minimum atomic E-state index is -0.719. The van der Waals surface area contributed by atoms with E-state index in [9.17, 15) is 9.59 Å². The minimum Gasteiger partial charge on any atom is -0.490 e. The first-order chi connectivity index (χ1) is 12.7. The number of fused-ring (bicyclic) bond motifs is 2. The highest BCUT2D eigenvalue weighted by Gasteiger charge is 2.17. The van der Waals surface area contributed by atoms with Crippen LogP contribution in [-0.4, -0.2) is 17.5 Å². The number of hydrogen-bond donors (Lipinski definition) is 1. The number of aromatic nitrogens is 1. The third-order valence-electron chi connectivity index (χ3n) is 3.78. The lowest BCUT2D eigenvalue weighted by atomic mass is 10.1. The summed E-state index contributed by atoms with van der Waals surface area (Å²) in [6, 6.07) is 14.3. The van der Waals surface area contributed by atoms with Gasteiger partial charge in [0.2, 0.25) is 0 Å². The summed E-state index contributed by atoms with van der Waals surface area (Å²) in [5.74, 6) is -0.0817. The second-order valence-electron chi connectivity index (χ2n) is 5.50. The summed E-state index contributed by atoms with van der Waals surface area (Å²) in [4.78, 5) is 29.2. The molecule has 2 aromatic heterocycles. The summed E-state index contributed by atoms with van der Waals surface area (Å²) in [6.07, 6.45) is 0. The van der Waals surface area contributed by atoms with E-state index in [2.05, 4.69) is 10.3 Å². The lowest BCUT2D eigenvalue weighted by Gasteiger charge is -2.07. The molecule has 130 valence electrons. The van der Waals surface area contributed by atoms with Crippen LogP contribution >= 0.6 is 11.3 Å². The van der Waals surface area contributed by atoms with Crippen LogP contribution in [0.2, 0.25) is 0 Å². The Labute approximate surface area is 152 Å². The van der Waals surface area contributed by atoms with Crippen LogP contribution in [0, 0.1) is 0 Å². The molecule has 0 bridgehead atoms. The van der Waals surface area contributed by atoms with Crippen molar-refractivity contribution >= 4 is 43.6 Å². The number of anilines is 1. The number of rotatable bonds is 4. The van der Waals surface area contributed by atoms with Gasteiger partial charge in [-0.25, -0.2) is 9.78 Å². The first kappa shape index (κ1) is 16.3. The highest BCUT2D eigenvalue weighted by atomic mass is 32.1. The van der Waals surface area contributed by atoms with Crippen molar-refractivity contribution < 1.29 is 13.9 Å². The van der Waals surface area contributed by atoms with Gasteiger partial charge in [0.15, 0.2) is 16.5 Å². The van der Waals surface area contributed by atoms with Crippen molar-refractivity contribution in [2.75, 3.05) is 11.9 Å². The third-order valence-corrected chi connectivity index (χ3v) is 4.73. The van der Waals surface area contributed by atoms with Crippen LogP contribution in [-0.2, 0) is 0 Å². The Morgan fingerprint density at radius 3 is 2.88 bits per heavy atom. The molecule has 0 unspecified atom stereocenters. The first-order valence-electron chi connectivity index (χ1n) is 8.02. The number of ether oxygens (including phenoxy) is 1. The highest BCUT2D eigenvalue weighted by Crippen LogP contribution is 2.27. The lowest BCUT2D eigenvalue weighted by molar-refractivity contribution is 0.102. The van der Waals surface area contributed by atoms with E-state index >= 15 is 0 Å². The van der Waals surface area contributed by atoms with Gasteiger partial charge in [-0.3, -0.25) is 10.1 Å². The lowest BCUT2D eigenvalue weighted by Crippen LogP contribution is -2.20. The van der Waals surface area contributed by atoms with Gasteiger partial charge in [0.1, 0.15) is 5.56 Å². The molecule has 0 spiro atoms. The van der Waals surface area contributed by atoms with E-state index < -0.39 is 11.5 Å². The SMILES string of the molecule is CCOc1cccc2cc(C(=O)Nc3nc4ccccc4s3)c(=O)oc12. The van der Waals surface area contributed by atoms with Crippen LogP contribution in [0.4, 0.5) is 5.13 Å². The van der Waals surface area contributed by atoms with Crippen molar-refractivity contribution in [3.8, 4) is 5.75 Å². The quantitative estimate of drug-likeness (QED) is 0.551. The minimum absolute atomic E-state index is 0.0783. The molecule has 0 saturated carbocycles. The van der Waals surface area contributed by atoms with Crippen LogP contribution < -0.4 is 15.7 Å². The monoisotopic (exact) mass is 366 g/mol. The molecule has 0 atom stereocenters. The summed E-state index contributed by atoms with van der Waals surface area (Å²) in [6.45, 7) is 2.29. The normalized spacial score (nSPS) is 11.0. The predicted octanol–water partition coefficient (Wildman–Crippen LogP) is 4.05. The Bertz CT molecular complexity index is 1150. The van der Waals surface area contributed by atoms with E-state index in [1.807, 2.05) is 31.2 Å². The Hall–Kier alpha value is -3.19. The predicted molar refractivity (Wildman–Crippen MR) is 101 cm³/mol. The molecule has 2 aromatic carbocycles. The van der Waals surface area contributed by atoms with Crippen LogP contribution in [0.15, 0.2) is 57.7 Å². The molecule has 0 aliphatic rings. The molecule has 0 aliphatic heterocycles. The zero-order chi connectivity index (χ0) is 18.1. The summed E-state index contributed by atoms with van der Waals surface area (Å²) < 4.78 is 11.8. The van der Waals surface area contributed by atoms with Crippen molar-refractivity contribution in [3.63, 3.8) is 0 Å². The van der Waals surface area contributed by atoms with Crippen molar-refractivity contribution in [2.24, 2.45) is 0 Å². The topological polar surface area (TPSA) is 81.4 Å². The molecule has 0 saturated heterocycles. The number of carbonyl (C=O) groups excluding carboxylic acids is 1. The molecule has 4 rings (SSSR count). The zero-order valence-corrected chi connectivity index (χ0v) is 14.6. The average molecular weight is 366 g/mol. The molecule has 1 N–H and O–H groups in total. The Morgan fingerprint density at radius 2 is 2.08 bits per heavy atom. The van der Waals surface area contributed by atoms with Gasteiger partial charge < -0.3 is 9.15 Å². The fourth-order valence-corrected chi connectivity index (χ4v) is 3.50. The Kier molecular flexibility index (Phi) is 4.14. The number of amides is 1. The van der Waals surface area contributed by atoms with Gasteiger partial charge in [0.25, 0.3) is 5.91 Å². The van der Waals surface area contributed by atoms with E-state index in [0.29, 0.717) is 28.5 Å². The van der Waals surface area contributed by atoms with Crippen LogP contribution in [0.5, 0.6) is 5.75 Å². The summed E-state index contributed by atoms with van der Waals surface area (Å²) in [5.41, 5.74) is 0.323. The fraction of sp³-hybridized carbons (Fsp3) is 0.105. The van der Waals surface area contributed by atoms with Crippen molar-refractivity contribution in [3.05, 3.63) is 64.5 Å². The first-order valence-corrected chi connectivity index (χ1v) is 8.84. The Balaban J connectivity index is 1.70. The maximum absolute atomic E-state index is 12.5. The van der Waals surface area contributed by atoms with Gasteiger partial charge in [-0.05, 0) is 31.2 Å². The molecular weight excluding hydrogens is 352 g/mol. The maximum Gasteiger partial charge on any atom is 0.349 e. The molecule has 1 amide bonds. The van der Waals surface area contributed by atoms with Gasteiger partial charge in [0, 0.05) is 5.39 Å². The van der Waals surface area contributed by atoms with E-state index in [0.717, 1.165) is 10.2 Å². The molecule has 4 aromatic rings. The summed E-state index contributed by atoms with van der Waals surface area (Å²) in [7, 11) is 0. The van der Waals surface area contributed by atoms with E-state index in [-0.39, 0.29) is 5.56 Å². The molecule has 6 nitrogen and oxygen atoms in total. The largest absolute Gasteiger partial charge is 0.490 e. The van der Waals surface area contributed by atoms with Gasteiger partial charge in [-0.2, -0.15) is 0 Å². The number of benzene rings is 2. The Morgan fingerprint density at radius 1 is 1.23 bits per heavy atom. The number of thiazole rings is 1. The second-order valence-corrected chi connectivity index (χ2v) is 6.53. The second kappa shape index (κ2) is 6.61. The van der Waals surface area contributed by atoms with E-state index in [4.69, 9.17) is 9.15 Å². The number of nitrogens with one attached hydrogen (secondary N) is 1. The summed E-state index contributed by atoms with van der Waals surface area (Å²) >= 11 is 1.34. The van der Waals surface area contributed by atoms with Crippen molar-refractivity contribution in [1.29, 1.82) is 0 Å². The molecule has 26 heavy (non-hydrogen) atoms. The van der Waals surface area contributed by atoms with Crippen molar-refractivity contribution in [1.82, 2.24) is 4.98 Å². The number of para-hydroxylation sites is 2. The molecule has 0 fully saturated rings. The molecule has 0 aliphatic carbocycles. The zero-order valence-electron chi connectivity index (χ0n) is 13.8. The molecular formula is C19H14N2O4S. The number of carbonyl (C=O) groups is 1. The standard InChI is InChI=1S/C19H14N2O4S/c1-2-24-14-8-5-6-11-10-12(18(23)25-16(11)14)17(22)21-19-20-13-7-3-4-9-15(13)26-19/h3-10H,2H2,1H3,(H,20,21,22). The molecule has 0 radical (unpaired) electrons. The van der Waals surface area contributed by atoms with Gasteiger partial charge in [-0.1, -0.05) is 35.6 Å². The van der Waals surface area contributed by atoms with Crippen LogP contribution in [0.1, 0.15) is 17.3 Å². The van der Waals surface area contributed by atoms with Gasteiger partial charge in [0.05, 0.1) is 16.8 Å². The van der Waals surface area contributed by atoms with Gasteiger partial charge >= 0.3 is 5.63 Å². The number of nitrogens with zero attached hydrogens (tertiary/aromatic N) is 1. The van der Waals surface area contributed by atoms with Gasteiger partial charge in [-0.15, -0.1) is 0 Å². The van der Waals surface area contributed by atoms with E-state index in [1.165, 1.54) is 17.4 Å². The summed E-state index contributed by atoms with van der Waals surface area (Å²) in [5, 5.41) is 3.72. The smallest absolute Gasteiger partial charge is 0.349 e. The highest BCUT2D eigenvalue weighted by molar-refractivity contribution is 7.22. The van der Waals surface area contributed by atoms with Crippen LogP contribution in [0.25, 0.3) is 21.2 Å². The fourth-order valence-electron chi connectivity index (χ4n) is 2.64.